The Hall–Kier alpha value is -2.74. The van der Waals surface area contributed by atoms with Crippen LogP contribution in [0.2, 0.25) is 0 Å². The van der Waals surface area contributed by atoms with Gasteiger partial charge in [-0.15, -0.1) is 5.10 Å². The highest BCUT2D eigenvalue weighted by Crippen LogP contribution is 2.19. The molecule has 0 spiro atoms. The van der Waals surface area contributed by atoms with E-state index in [1.807, 2.05) is 47.0 Å². The molecule has 4 heterocycles. The zero-order chi connectivity index (χ0) is 19.0. The van der Waals surface area contributed by atoms with Crippen LogP contribution in [0, 0.1) is 20.8 Å². The van der Waals surface area contributed by atoms with E-state index in [0.29, 0.717) is 39.1 Å². The monoisotopic (exact) mass is 384 g/mol. The third-order valence-corrected chi connectivity index (χ3v) is 5.13. The molecule has 0 N–H and O–H groups in total. The summed E-state index contributed by atoms with van der Waals surface area (Å²) >= 11 is 0. The van der Waals surface area contributed by atoms with Crippen LogP contribution in [0.3, 0.4) is 0 Å². The lowest BCUT2D eigenvalue weighted by Gasteiger charge is -2.26. The highest BCUT2D eigenvalue weighted by atomic mass is 16.5. The van der Waals surface area contributed by atoms with E-state index in [4.69, 9.17) is 4.74 Å². The third kappa shape index (κ3) is 3.64. The summed E-state index contributed by atoms with van der Waals surface area (Å²) in [5, 5.41) is 9.32. The lowest BCUT2D eigenvalue weighted by Crippen LogP contribution is -2.40. The van der Waals surface area contributed by atoms with Crippen LogP contribution in [0.5, 0.6) is 0 Å². The van der Waals surface area contributed by atoms with Gasteiger partial charge in [-0.25, -0.2) is 14.2 Å². The van der Waals surface area contributed by atoms with Crippen molar-refractivity contribution in [3.8, 4) is 5.82 Å². The summed E-state index contributed by atoms with van der Waals surface area (Å²) in [6, 6.07) is 3.86. The van der Waals surface area contributed by atoms with Crippen LogP contribution in [-0.2, 0) is 16.0 Å². The average molecular weight is 384 g/mol. The molecule has 0 bridgehead atoms. The Morgan fingerprint density at radius 3 is 2.64 bits per heavy atom. The van der Waals surface area contributed by atoms with E-state index < -0.39 is 0 Å². The Labute approximate surface area is 165 Å². The fourth-order valence-electron chi connectivity index (χ4n) is 3.55. The first kappa shape index (κ1) is 20.0. The summed E-state index contributed by atoms with van der Waals surface area (Å²) in [4.78, 5) is 18.6. The second-order valence-electron chi connectivity index (χ2n) is 6.92. The van der Waals surface area contributed by atoms with E-state index in [1.54, 1.807) is 6.20 Å². The van der Waals surface area contributed by atoms with Crippen molar-refractivity contribution in [2.24, 2.45) is 0 Å². The van der Waals surface area contributed by atoms with E-state index in [-0.39, 0.29) is 13.3 Å². The van der Waals surface area contributed by atoms with Crippen molar-refractivity contribution < 1.29 is 9.53 Å². The maximum Gasteiger partial charge on any atom is 0.223 e. The normalized spacial score (nSPS) is 14.3. The van der Waals surface area contributed by atoms with Crippen LogP contribution >= 0.6 is 0 Å². The number of morpholine rings is 1. The van der Waals surface area contributed by atoms with Crippen LogP contribution in [0.4, 0.5) is 0 Å². The molecule has 0 unspecified atom stereocenters. The SMILES string of the molecule is C.Cc1nn(-c2ccc3ncc(C)n3n2)c(C)c1CCC(=O)N1CCOCC1. The van der Waals surface area contributed by atoms with Crippen molar-refractivity contribution in [3.63, 3.8) is 0 Å². The van der Waals surface area contributed by atoms with Gasteiger partial charge in [-0.1, -0.05) is 7.43 Å². The lowest BCUT2D eigenvalue weighted by atomic mass is 10.1. The molecule has 1 fully saturated rings. The number of fused-ring (bicyclic) bond motifs is 1. The van der Waals surface area contributed by atoms with Gasteiger partial charge < -0.3 is 9.64 Å². The van der Waals surface area contributed by atoms with Crippen molar-refractivity contribution in [2.75, 3.05) is 26.3 Å². The van der Waals surface area contributed by atoms with Crippen LogP contribution < -0.4 is 0 Å². The summed E-state index contributed by atoms with van der Waals surface area (Å²) in [5.41, 5.74) is 4.86. The Kier molecular flexibility index (Phi) is 5.79. The van der Waals surface area contributed by atoms with Crippen molar-refractivity contribution in [1.29, 1.82) is 0 Å². The number of imidazole rings is 1. The lowest BCUT2D eigenvalue weighted by molar-refractivity contribution is -0.135. The van der Waals surface area contributed by atoms with E-state index in [2.05, 4.69) is 15.2 Å². The minimum atomic E-state index is 0. The topological polar surface area (TPSA) is 77.6 Å². The van der Waals surface area contributed by atoms with Crippen LogP contribution in [0.1, 0.15) is 36.5 Å². The van der Waals surface area contributed by atoms with Gasteiger partial charge in [0.25, 0.3) is 0 Å². The van der Waals surface area contributed by atoms with Gasteiger partial charge >= 0.3 is 0 Å². The van der Waals surface area contributed by atoms with Crippen LogP contribution in [-0.4, -0.2) is 61.5 Å². The molecule has 0 aliphatic carbocycles. The fraction of sp³-hybridized carbons (Fsp3) is 0.500. The summed E-state index contributed by atoms with van der Waals surface area (Å²) in [6.45, 7) is 8.61. The average Bonchev–Trinajstić information content (AvgIpc) is 3.20. The Morgan fingerprint density at radius 1 is 1.14 bits per heavy atom. The van der Waals surface area contributed by atoms with Gasteiger partial charge in [0.2, 0.25) is 5.91 Å². The highest BCUT2D eigenvalue weighted by molar-refractivity contribution is 5.76. The molecule has 1 amide bonds. The zero-order valence-electron chi connectivity index (χ0n) is 16.0. The zero-order valence-corrected chi connectivity index (χ0v) is 16.0. The minimum absolute atomic E-state index is 0. The summed E-state index contributed by atoms with van der Waals surface area (Å²) in [6.07, 6.45) is 2.97. The summed E-state index contributed by atoms with van der Waals surface area (Å²) < 4.78 is 8.98. The molecular formula is C20H28N6O2. The molecule has 150 valence electrons. The number of hydrogen-bond acceptors (Lipinski definition) is 5. The predicted octanol–water partition coefficient (Wildman–Crippen LogP) is 2.27. The molecular weight excluding hydrogens is 356 g/mol. The number of aromatic nitrogens is 5. The first-order valence-electron chi connectivity index (χ1n) is 9.27. The van der Waals surface area contributed by atoms with Crippen LogP contribution in [0.25, 0.3) is 11.5 Å². The van der Waals surface area contributed by atoms with Gasteiger partial charge in [-0.3, -0.25) is 4.79 Å². The Bertz CT molecular complexity index is 984. The molecule has 1 saturated heterocycles. The van der Waals surface area contributed by atoms with Crippen molar-refractivity contribution >= 4 is 11.6 Å². The van der Waals surface area contributed by atoms with E-state index in [9.17, 15) is 4.79 Å². The van der Waals surface area contributed by atoms with Crippen molar-refractivity contribution in [2.45, 2.75) is 41.0 Å². The number of carbonyl (C=O) groups excluding carboxylic acids is 1. The third-order valence-electron chi connectivity index (χ3n) is 5.13. The molecule has 1 aliphatic rings. The molecule has 0 atom stereocenters. The molecule has 8 heteroatoms. The molecule has 1 aliphatic heterocycles. The molecule has 3 aromatic heterocycles. The summed E-state index contributed by atoms with van der Waals surface area (Å²) in [7, 11) is 0. The smallest absolute Gasteiger partial charge is 0.223 e. The van der Waals surface area contributed by atoms with E-state index in [1.165, 1.54) is 0 Å². The first-order chi connectivity index (χ1) is 13.0. The Morgan fingerprint density at radius 2 is 1.89 bits per heavy atom. The van der Waals surface area contributed by atoms with Crippen LogP contribution in [0.15, 0.2) is 18.3 Å². The van der Waals surface area contributed by atoms with Crippen molar-refractivity contribution in [3.05, 3.63) is 41.0 Å². The minimum Gasteiger partial charge on any atom is -0.378 e. The maximum absolute atomic E-state index is 12.4. The molecule has 0 aromatic carbocycles. The Balaban J connectivity index is 0.00000225. The number of carbonyl (C=O) groups is 1. The second kappa shape index (κ2) is 8.10. The molecule has 0 radical (unpaired) electrons. The van der Waals surface area contributed by atoms with Gasteiger partial charge in [-0.2, -0.15) is 5.10 Å². The van der Waals surface area contributed by atoms with Gasteiger partial charge in [0.15, 0.2) is 11.5 Å². The maximum atomic E-state index is 12.4. The predicted molar refractivity (Wildman–Crippen MR) is 107 cm³/mol. The van der Waals surface area contributed by atoms with E-state index >= 15 is 0 Å². The molecule has 3 aromatic rings. The number of aryl methyl sites for hydroxylation is 2. The molecule has 4 rings (SSSR count). The number of hydrogen-bond donors (Lipinski definition) is 0. The standard InChI is InChI=1S/C19H24N6O2.CH4/c1-13-12-20-17-5-6-18(22-24(13)17)25-15(3)16(14(2)21-25)4-7-19(26)23-8-10-27-11-9-23;/h5-6,12H,4,7-11H2,1-3H3;1H4. The largest absolute Gasteiger partial charge is 0.378 e. The van der Waals surface area contributed by atoms with Gasteiger partial charge in [0.1, 0.15) is 0 Å². The highest BCUT2D eigenvalue weighted by Gasteiger charge is 2.19. The first-order valence-corrected chi connectivity index (χ1v) is 9.27. The number of amides is 1. The number of ether oxygens (including phenoxy) is 1. The van der Waals surface area contributed by atoms with Crippen molar-refractivity contribution in [1.82, 2.24) is 29.3 Å². The van der Waals surface area contributed by atoms with Gasteiger partial charge in [-0.05, 0) is 44.9 Å². The quantitative estimate of drug-likeness (QED) is 0.690. The van der Waals surface area contributed by atoms with Gasteiger partial charge in [0.05, 0.1) is 30.8 Å². The molecule has 0 saturated carbocycles. The van der Waals surface area contributed by atoms with E-state index in [0.717, 1.165) is 34.1 Å². The fourth-order valence-corrected chi connectivity index (χ4v) is 3.55. The molecule has 8 nitrogen and oxygen atoms in total. The summed E-state index contributed by atoms with van der Waals surface area (Å²) in [5.74, 6) is 0.924. The van der Waals surface area contributed by atoms with Gasteiger partial charge in [0, 0.05) is 25.2 Å². The number of nitrogens with zero attached hydrogens (tertiary/aromatic N) is 6. The number of rotatable bonds is 4. The second-order valence-corrected chi connectivity index (χ2v) is 6.92. The molecule has 28 heavy (non-hydrogen) atoms.